The number of hydrogen-bond donors (Lipinski definition) is 1. The minimum Gasteiger partial charge on any atom is -0.481 e. The Balaban J connectivity index is 1.58. The number of benzene rings is 1. The molecule has 1 aromatic carbocycles. The number of amides is 2. The number of likely N-dealkylation sites (tertiary alicyclic amines) is 1. The van der Waals surface area contributed by atoms with Gasteiger partial charge in [-0.2, -0.15) is 0 Å². The average molecular weight is 382 g/mol. The van der Waals surface area contributed by atoms with E-state index < -0.39 is 17.9 Å². The van der Waals surface area contributed by atoms with Gasteiger partial charge < -0.3 is 19.3 Å². The highest BCUT2D eigenvalue weighted by molar-refractivity contribution is 5.96. The van der Waals surface area contributed by atoms with Gasteiger partial charge in [0.2, 0.25) is 5.91 Å². The van der Waals surface area contributed by atoms with Crippen molar-refractivity contribution in [3.8, 4) is 0 Å². The second kappa shape index (κ2) is 7.50. The fraction of sp³-hybridized carbons (Fsp3) is 0.381. The van der Waals surface area contributed by atoms with Gasteiger partial charge in [-0.05, 0) is 36.1 Å². The van der Waals surface area contributed by atoms with Crippen molar-refractivity contribution in [1.82, 2.24) is 9.80 Å². The summed E-state index contributed by atoms with van der Waals surface area (Å²) in [6.45, 7) is 1.14. The van der Waals surface area contributed by atoms with Crippen molar-refractivity contribution in [2.24, 2.45) is 5.92 Å². The van der Waals surface area contributed by atoms with E-state index in [4.69, 9.17) is 4.42 Å². The van der Waals surface area contributed by atoms with Crippen molar-refractivity contribution in [3.05, 3.63) is 59.5 Å². The monoisotopic (exact) mass is 382 g/mol. The first-order valence-electron chi connectivity index (χ1n) is 9.47. The molecule has 2 aliphatic heterocycles. The number of hydrogen-bond acceptors (Lipinski definition) is 4. The van der Waals surface area contributed by atoms with E-state index in [0.29, 0.717) is 38.9 Å². The van der Waals surface area contributed by atoms with Crippen LogP contribution in [0.5, 0.6) is 0 Å². The molecule has 28 heavy (non-hydrogen) atoms. The Bertz CT molecular complexity index is 884. The molecule has 2 aliphatic rings. The first-order valence-corrected chi connectivity index (χ1v) is 9.47. The van der Waals surface area contributed by atoms with Gasteiger partial charge >= 0.3 is 5.97 Å². The summed E-state index contributed by atoms with van der Waals surface area (Å²) in [6, 6.07) is 10.4. The molecular weight excluding hydrogens is 360 g/mol. The summed E-state index contributed by atoms with van der Waals surface area (Å²) < 4.78 is 5.27. The van der Waals surface area contributed by atoms with Crippen LogP contribution in [-0.2, 0) is 22.6 Å². The quantitative estimate of drug-likeness (QED) is 0.879. The second-order valence-electron chi connectivity index (χ2n) is 7.34. The van der Waals surface area contributed by atoms with Crippen LogP contribution in [0.25, 0.3) is 0 Å². The Hall–Kier alpha value is -3.09. The van der Waals surface area contributed by atoms with Gasteiger partial charge in [-0.15, -0.1) is 0 Å². The van der Waals surface area contributed by atoms with E-state index in [2.05, 4.69) is 0 Å². The zero-order valence-corrected chi connectivity index (χ0v) is 15.4. The van der Waals surface area contributed by atoms with Crippen LogP contribution in [-0.4, -0.2) is 51.8 Å². The highest BCUT2D eigenvalue weighted by Crippen LogP contribution is 2.28. The molecule has 3 heterocycles. The van der Waals surface area contributed by atoms with Crippen molar-refractivity contribution >= 4 is 17.8 Å². The van der Waals surface area contributed by atoms with Crippen molar-refractivity contribution in [2.45, 2.75) is 31.8 Å². The zero-order valence-electron chi connectivity index (χ0n) is 15.4. The number of carbonyl (C=O) groups is 3. The fourth-order valence-electron chi connectivity index (χ4n) is 4.06. The lowest BCUT2D eigenvalue weighted by atomic mass is 9.91. The normalized spacial score (nSPS) is 19.9. The van der Waals surface area contributed by atoms with Crippen LogP contribution in [0.1, 0.15) is 34.5 Å². The predicted octanol–water partition coefficient (Wildman–Crippen LogP) is 2.17. The maximum absolute atomic E-state index is 13.3. The molecular formula is C21H22N2O5. The Morgan fingerprint density at radius 1 is 1.00 bits per heavy atom. The SMILES string of the molecule is O=C(O)C1CCN(C(=O)C2Cc3ccccc3CN2C(=O)c2ccco2)CC1. The fourth-order valence-corrected chi connectivity index (χ4v) is 4.06. The van der Waals surface area contributed by atoms with Crippen LogP contribution < -0.4 is 0 Å². The topological polar surface area (TPSA) is 91.1 Å². The zero-order chi connectivity index (χ0) is 19.7. The minimum absolute atomic E-state index is 0.127. The summed E-state index contributed by atoms with van der Waals surface area (Å²) in [5.41, 5.74) is 2.08. The van der Waals surface area contributed by atoms with E-state index in [0.717, 1.165) is 11.1 Å². The third-order valence-corrected chi connectivity index (χ3v) is 5.68. The third-order valence-electron chi connectivity index (χ3n) is 5.68. The van der Waals surface area contributed by atoms with Gasteiger partial charge in [0, 0.05) is 26.1 Å². The van der Waals surface area contributed by atoms with Crippen LogP contribution in [0.15, 0.2) is 47.1 Å². The Kier molecular flexibility index (Phi) is 4.90. The first kappa shape index (κ1) is 18.3. The lowest BCUT2D eigenvalue weighted by molar-refractivity contribution is -0.147. The van der Waals surface area contributed by atoms with Gasteiger partial charge in [0.25, 0.3) is 5.91 Å². The van der Waals surface area contributed by atoms with Crippen LogP contribution in [0.3, 0.4) is 0 Å². The van der Waals surface area contributed by atoms with Crippen molar-refractivity contribution < 1.29 is 23.9 Å². The van der Waals surface area contributed by atoms with Gasteiger partial charge in [-0.3, -0.25) is 14.4 Å². The molecule has 0 spiro atoms. The molecule has 1 N–H and O–H groups in total. The summed E-state index contributed by atoms with van der Waals surface area (Å²) in [7, 11) is 0. The second-order valence-corrected chi connectivity index (χ2v) is 7.34. The van der Waals surface area contributed by atoms with Crippen LogP contribution in [0, 0.1) is 5.92 Å². The highest BCUT2D eigenvalue weighted by Gasteiger charge is 2.39. The van der Waals surface area contributed by atoms with Gasteiger partial charge in [0.05, 0.1) is 12.2 Å². The summed E-state index contributed by atoms with van der Waals surface area (Å²) >= 11 is 0. The smallest absolute Gasteiger partial charge is 0.306 e. The summed E-state index contributed by atoms with van der Waals surface area (Å²) in [4.78, 5) is 40.7. The van der Waals surface area contributed by atoms with Gasteiger partial charge in [0.15, 0.2) is 5.76 Å². The molecule has 0 bridgehead atoms. The lowest BCUT2D eigenvalue weighted by Crippen LogP contribution is -2.55. The third kappa shape index (κ3) is 3.40. The molecule has 0 radical (unpaired) electrons. The number of carboxylic acid groups (broad SMARTS) is 1. The number of rotatable bonds is 3. The molecule has 0 saturated carbocycles. The molecule has 1 fully saturated rings. The number of furan rings is 1. The molecule has 1 unspecified atom stereocenters. The number of piperidine rings is 1. The molecule has 2 amide bonds. The summed E-state index contributed by atoms with van der Waals surface area (Å²) in [6.07, 6.45) is 2.77. The van der Waals surface area contributed by atoms with E-state index in [-0.39, 0.29) is 17.6 Å². The number of aliphatic carboxylic acids is 1. The van der Waals surface area contributed by atoms with E-state index >= 15 is 0 Å². The van der Waals surface area contributed by atoms with Crippen molar-refractivity contribution in [3.63, 3.8) is 0 Å². The Morgan fingerprint density at radius 2 is 1.71 bits per heavy atom. The maximum Gasteiger partial charge on any atom is 0.306 e. The number of carbonyl (C=O) groups excluding carboxylic acids is 2. The molecule has 1 aromatic heterocycles. The molecule has 0 aliphatic carbocycles. The van der Waals surface area contributed by atoms with Gasteiger partial charge in [0.1, 0.15) is 6.04 Å². The molecule has 1 saturated heterocycles. The van der Waals surface area contributed by atoms with Gasteiger partial charge in [-0.25, -0.2) is 0 Å². The number of nitrogens with zero attached hydrogens (tertiary/aromatic N) is 2. The number of carboxylic acids is 1. The molecule has 7 heteroatoms. The van der Waals surface area contributed by atoms with Crippen molar-refractivity contribution in [1.29, 1.82) is 0 Å². The maximum atomic E-state index is 13.3. The summed E-state index contributed by atoms with van der Waals surface area (Å²) in [5.74, 6) is -1.44. The molecule has 1 atom stereocenters. The minimum atomic E-state index is -0.812. The molecule has 7 nitrogen and oxygen atoms in total. The Morgan fingerprint density at radius 3 is 2.36 bits per heavy atom. The molecule has 4 rings (SSSR count). The average Bonchev–Trinajstić information content (AvgIpc) is 3.26. The molecule has 2 aromatic rings. The van der Waals surface area contributed by atoms with Gasteiger partial charge in [-0.1, -0.05) is 24.3 Å². The molecule has 146 valence electrons. The standard InChI is InChI=1S/C21H22N2O5/c24-19(22-9-7-14(8-10-22)21(26)27)17-12-15-4-1-2-5-16(15)13-23(17)20(25)18-6-3-11-28-18/h1-6,11,14,17H,7-10,12-13H2,(H,26,27). The largest absolute Gasteiger partial charge is 0.481 e. The Labute approximate surface area is 162 Å². The van der Waals surface area contributed by atoms with E-state index in [1.807, 2.05) is 24.3 Å². The van der Waals surface area contributed by atoms with Crippen LogP contribution in [0.4, 0.5) is 0 Å². The lowest BCUT2D eigenvalue weighted by Gasteiger charge is -2.40. The van der Waals surface area contributed by atoms with Crippen molar-refractivity contribution in [2.75, 3.05) is 13.1 Å². The van der Waals surface area contributed by atoms with Crippen LogP contribution in [0.2, 0.25) is 0 Å². The van der Waals surface area contributed by atoms with E-state index in [1.165, 1.54) is 6.26 Å². The van der Waals surface area contributed by atoms with Crippen LogP contribution >= 0.6 is 0 Å². The predicted molar refractivity (Wildman–Crippen MR) is 99.5 cm³/mol. The summed E-state index contributed by atoms with van der Waals surface area (Å²) in [5, 5.41) is 9.17. The highest BCUT2D eigenvalue weighted by atomic mass is 16.4. The number of fused-ring (bicyclic) bond motifs is 1. The first-order chi connectivity index (χ1) is 13.5. The van der Waals surface area contributed by atoms with E-state index in [1.54, 1.807) is 21.9 Å². The van der Waals surface area contributed by atoms with E-state index in [9.17, 15) is 19.5 Å².